The number of ether oxygens (including phenoxy) is 3. The molecule has 0 amide bonds. The van der Waals surface area contributed by atoms with Gasteiger partial charge in [-0.2, -0.15) is 0 Å². The van der Waals surface area contributed by atoms with Crippen LogP contribution in [0.2, 0.25) is 5.02 Å². The van der Waals surface area contributed by atoms with Gasteiger partial charge in [0.25, 0.3) is 0 Å². The van der Waals surface area contributed by atoms with Crippen LogP contribution in [0.4, 0.5) is 0 Å². The normalized spacial score (nSPS) is 17.1. The zero-order valence-corrected chi connectivity index (χ0v) is 18.0. The van der Waals surface area contributed by atoms with Gasteiger partial charge in [-0.25, -0.2) is 0 Å². The highest BCUT2D eigenvalue weighted by Crippen LogP contribution is 2.42. The first-order chi connectivity index (χ1) is 15.2. The molecule has 0 radical (unpaired) electrons. The zero-order chi connectivity index (χ0) is 21.2. The topological polar surface area (TPSA) is 77.1 Å². The minimum absolute atomic E-state index is 0.0117. The van der Waals surface area contributed by atoms with Gasteiger partial charge < -0.3 is 29.3 Å². The van der Waals surface area contributed by atoms with Crippen LogP contribution in [0.3, 0.4) is 0 Å². The van der Waals surface area contributed by atoms with Gasteiger partial charge in [-0.1, -0.05) is 16.8 Å². The van der Waals surface area contributed by atoms with Gasteiger partial charge >= 0.3 is 0 Å². The van der Waals surface area contributed by atoms with Crippen molar-refractivity contribution in [2.45, 2.75) is 25.4 Å². The number of aromatic nitrogens is 1. The van der Waals surface area contributed by atoms with Gasteiger partial charge in [-0.05, 0) is 54.4 Å². The summed E-state index contributed by atoms with van der Waals surface area (Å²) in [6, 6.07) is 9.87. The van der Waals surface area contributed by atoms with Crippen molar-refractivity contribution in [3.63, 3.8) is 0 Å². The predicted molar refractivity (Wildman–Crippen MR) is 120 cm³/mol. The number of halogens is 1. The SMILES string of the molecule is COc1cc(C[C@H]2CC(CNCCc3c[nH]c4ccc(Cl)cc34)=NO2)cc2c1OCO2. The Bertz CT molecular complexity index is 1130. The molecule has 0 fully saturated rings. The van der Waals surface area contributed by atoms with E-state index in [0.29, 0.717) is 23.8 Å². The monoisotopic (exact) mass is 441 g/mol. The highest BCUT2D eigenvalue weighted by Gasteiger charge is 2.25. The van der Waals surface area contributed by atoms with Crippen molar-refractivity contribution in [1.82, 2.24) is 10.3 Å². The summed E-state index contributed by atoms with van der Waals surface area (Å²) in [6.07, 6.45) is 4.50. The van der Waals surface area contributed by atoms with Gasteiger partial charge in [0.1, 0.15) is 6.10 Å². The summed E-state index contributed by atoms with van der Waals surface area (Å²) in [4.78, 5) is 8.95. The van der Waals surface area contributed by atoms with Crippen molar-refractivity contribution >= 4 is 28.2 Å². The fourth-order valence-electron chi connectivity index (χ4n) is 4.08. The van der Waals surface area contributed by atoms with Crippen LogP contribution >= 0.6 is 11.6 Å². The lowest BCUT2D eigenvalue weighted by Crippen LogP contribution is -2.25. The molecule has 1 atom stereocenters. The van der Waals surface area contributed by atoms with Crippen LogP contribution in [0.5, 0.6) is 17.2 Å². The van der Waals surface area contributed by atoms with Crippen LogP contribution in [0.15, 0.2) is 41.7 Å². The number of rotatable bonds is 8. The van der Waals surface area contributed by atoms with Gasteiger partial charge in [-0.3, -0.25) is 0 Å². The van der Waals surface area contributed by atoms with Gasteiger partial charge in [0.15, 0.2) is 11.5 Å². The standard InChI is InChI=1S/C23H24ClN3O4/c1-28-21-7-14(8-22-23(21)30-13-29-22)6-18-10-17(27-31-18)12-25-5-4-15-11-26-20-3-2-16(24)9-19(15)20/h2-3,7-9,11,18,25-26H,4-6,10,12-13H2,1H3/t18-/m0/s1. The van der Waals surface area contributed by atoms with E-state index in [1.807, 2.05) is 30.3 Å². The molecule has 0 saturated heterocycles. The molecule has 0 bridgehead atoms. The molecule has 3 heterocycles. The Kier molecular flexibility index (Phi) is 5.61. The van der Waals surface area contributed by atoms with E-state index in [9.17, 15) is 0 Å². The first-order valence-electron chi connectivity index (χ1n) is 10.3. The maximum Gasteiger partial charge on any atom is 0.231 e. The number of benzene rings is 2. The fourth-order valence-corrected chi connectivity index (χ4v) is 4.25. The third kappa shape index (κ3) is 4.29. The summed E-state index contributed by atoms with van der Waals surface area (Å²) in [5, 5.41) is 9.67. The molecule has 8 heteroatoms. The molecule has 162 valence electrons. The lowest BCUT2D eigenvalue weighted by atomic mass is 10.0. The number of methoxy groups -OCH3 is 1. The molecule has 31 heavy (non-hydrogen) atoms. The minimum atomic E-state index is 0.0117. The number of H-pyrrole nitrogens is 1. The van der Waals surface area contributed by atoms with Crippen molar-refractivity contribution < 1.29 is 19.0 Å². The van der Waals surface area contributed by atoms with Crippen LogP contribution in [0, 0.1) is 0 Å². The van der Waals surface area contributed by atoms with E-state index in [4.69, 9.17) is 30.6 Å². The van der Waals surface area contributed by atoms with E-state index in [-0.39, 0.29) is 12.9 Å². The summed E-state index contributed by atoms with van der Waals surface area (Å²) in [6.45, 7) is 1.78. The second kappa shape index (κ2) is 8.69. The molecule has 0 aliphatic carbocycles. The highest BCUT2D eigenvalue weighted by atomic mass is 35.5. The zero-order valence-electron chi connectivity index (χ0n) is 17.2. The van der Waals surface area contributed by atoms with E-state index in [2.05, 4.69) is 21.7 Å². The third-order valence-corrected chi connectivity index (χ3v) is 5.84. The van der Waals surface area contributed by atoms with E-state index in [0.717, 1.165) is 47.6 Å². The quantitative estimate of drug-likeness (QED) is 0.515. The summed E-state index contributed by atoms with van der Waals surface area (Å²) in [7, 11) is 1.63. The average molecular weight is 442 g/mol. The number of nitrogens with zero attached hydrogens (tertiary/aromatic N) is 1. The Hall–Kier alpha value is -2.90. The van der Waals surface area contributed by atoms with Gasteiger partial charge in [0.2, 0.25) is 12.5 Å². The average Bonchev–Trinajstić information content (AvgIpc) is 3.51. The van der Waals surface area contributed by atoms with Crippen LogP contribution in [-0.2, 0) is 17.7 Å². The van der Waals surface area contributed by atoms with Crippen LogP contribution < -0.4 is 19.5 Å². The van der Waals surface area contributed by atoms with Crippen molar-refractivity contribution in [1.29, 1.82) is 0 Å². The van der Waals surface area contributed by atoms with Crippen molar-refractivity contribution in [3.8, 4) is 17.2 Å². The Labute approximate surface area is 185 Å². The lowest BCUT2D eigenvalue weighted by molar-refractivity contribution is 0.0858. The van der Waals surface area contributed by atoms with Crippen LogP contribution in [-0.4, -0.2) is 43.8 Å². The van der Waals surface area contributed by atoms with E-state index >= 15 is 0 Å². The largest absolute Gasteiger partial charge is 0.493 e. The van der Waals surface area contributed by atoms with Crippen molar-refractivity contribution in [2.24, 2.45) is 5.16 Å². The molecule has 7 nitrogen and oxygen atoms in total. The molecule has 2 aliphatic heterocycles. The molecule has 0 saturated carbocycles. The van der Waals surface area contributed by atoms with E-state index < -0.39 is 0 Å². The molecule has 0 unspecified atom stereocenters. The number of nitrogens with one attached hydrogen (secondary N) is 2. The Balaban J connectivity index is 1.10. The van der Waals surface area contributed by atoms with Crippen LogP contribution in [0.1, 0.15) is 17.5 Å². The maximum absolute atomic E-state index is 6.13. The van der Waals surface area contributed by atoms with Crippen molar-refractivity contribution in [2.75, 3.05) is 27.0 Å². The second-order valence-corrected chi connectivity index (χ2v) is 8.19. The predicted octanol–water partition coefficient (Wildman–Crippen LogP) is 4.08. The smallest absolute Gasteiger partial charge is 0.231 e. The molecular weight excluding hydrogens is 418 g/mol. The number of hydrogen-bond donors (Lipinski definition) is 2. The van der Waals surface area contributed by atoms with Crippen LogP contribution in [0.25, 0.3) is 10.9 Å². The van der Waals surface area contributed by atoms with Gasteiger partial charge in [0.05, 0.1) is 12.8 Å². The molecule has 3 aromatic rings. The second-order valence-electron chi connectivity index (χ2n) is 7.76. The summed E-state index contributed by atoms with van der Waals surface area (Å²) < 4.78 is 16.4. The number of oxime groups is 1. The summed E-state index contributed by atoms with van der Waals surface area (Å²) in [5.74, 6) is 2.07. The number of hydrogen-bond acceptors (Lipinski definition) is 6. The van der Waals surface area contributed by atoms with Gasteiger partial charge in [0, 0.05) is 41.5 Å². The minimum Gasteiger partial charge on any atom is -0.493 e. The summed E-state index contributed by atoms with van der Waals surface area (Å²) >= 11 is 6.13. The first kappa shape index (κ1) is 20.0. The highest BCUT2D eigenvalue weighted by molar-refractivity contribution is 6.31. The molecule has 1 aromatic heterocycles. The molecule has 2 aliphatic rings. The van der Waals surface area contributed by atoms with Crippen molar-refractivity contribution in [3.05, 3.63) is 52.7 Å². The first-order valence-corrected chi connectivity index (χ1v) is 10.7. The molecule has 0 spiro atoms. The maximum atomic E-state index is 6.13. The summed E-state index contributed by atoms with van der Waals surface area (Å²) in [5.41, 5.74) is 4.47. The molecule has 5 rings (SSSR count). The molecule has 2 aromatic carbocycles. The fraction of sp³-hybridized carbons (Fsp3) is 0.348. The van der Waals surface area contributed by atoms with E-state index in [1.54, 1.807) is 7.11 Å². The number of aromatic amines is 1. The Morgan fingerprint density at radius 2 is 2.19 bits per heavy atom. The van der Waals surface area contributed by atoms with Gasteiger partial charge in [-0.15, -0.1) is 0 Å². The Morgan fingerprint density at radius 1 is 1.26 bits per heavy atom. The molecule has 2 N–H and O–H groups in total. The van der Waals surface area contributed by atoms with E-state index in [1.165, 1.54) is 10.9 Å². The number of fused-ring (bicyclic) bond motifs is 2. The Morgan fingerprint density at radius 3 is 3.10 bits per heavy atom. The lowest BCUT2D eigenvalue weighted by Gasteiger charge is -2.11. The molecular formula is C23H24ClN3O4. The third-order valence-electron chi connectivity index (χ3n) is 5.61.